The molecule has 7 heteroatoms. The van der Waals surface area contributed by atoms with Crippen LogP contribution in [0.2, 0.25) is 0 Å². The van der Waals surface area contributed by atoms with Gasteiger partial charge in [-0.1, -0.05) is 13.8 Å². The summed E-state index contributed by atoms with van der Waals surface area (Å²) in [4.78, 5) is 16.3. The Kier molecular flexibility index (Phi) is 5.06. The molecule has 0 saturated carbocycles. The van der Waals surface area contributed by atoms with Crippen molar-refractivity contribution in [2.24, 2.45) is 0 Å². The Morgan fingerprint density at radius 1 is 1.33 bits per heavy atom. The van der Waals surface area contributed by atoms with Crippen molar-refractivity contribution < 1.29 is 13.2 Å². The fraction of sp³-hybridized carbons (Fsp3) is 0.643. The number of hydrogen-bond acceptors (Lipinski definition) is 5. The fourth-order valence-corrected chi connectivity index (χ4v) is 4.14. The quantitative estimate of drug-likeness (QED) is 0.862. The molecule has 1 aliphatic rings. The van der Waals surface area contributed by atoms with Crippen molar-refractivity contribution in [1.29, 1.82) is 0 Å². The second kappa shape index (κ2) is 6.46. The zero-order chi connectivity index (χ0) is 15.6. The van der Waals surface area contributed by atoms with E-state index < -0.39 is 9.84 Å². The third-order valence-electron chi connectivity index (χ3n) is 3.77. The maximum Gasteiger partial charge on any atom is 0.241 e. The molecule has 2 heterocycles. The van der Waals surface area contributed by atoms with Crippen LogP contribution in [0.15, 0.2) is 12.1 Å². The van der Waals surface area contributed by atoms with Crippen LogP contribution in [0.3, 0.4) is 0 Å². The summed E-state index contributed by atoms with van der Waals surface area (Å²) in [6.07, 6.45) is 0.504. The van der Waals surface area contributed by atoms with Gasteiger partial charge in [0.1, 0.15) is 6.17 Å². The Morgan fingerprint density at radius 2 is 2.05 bits per heavy atom. The topological polar surface area (TPSA) is 66.5 Å². The Bertz CT molecular complexity index is 609. The van der Waals surface area contributed by atoms with Crippen molar-refractivity contribution in [3.63, 3.8) is 0 Å². The zero-order valence-corrected chi connectivity index (χ0v) is 14.3. The summed E-state index contributed by atoms with van der Waals surface area (Å²) in [5.74, 6) is 0.135. The Labute approximate surface area is 130 Å². The van der Waals surface area contributed by atoms with Gasteiger partial charge in [0, 0.05) is 22.1 Å². The molecule has 1 aromatic heterocycles. The van der Waals surface area contributed by atoms with Crippen LogP contribution in [0.25, 0.3) is 0 Å². The molecule has 0 aliphatic carbocycles. The number of rotatable bonds is 6. The van der Waals surface area contributed by atoms with Gasteiger partial charge in [-0.3, -0.25) is 10.1 Å². The summed E-state index contributed by atoms with van der Waals surface area (Å²) in [6, 6.07) is 3.80. The van der Waals surface area contributed by atoms with Gasteiger partial charge in [0.25, 0.3) is 0 Å². The SMILES string of the molecule is CCC1NC(c2ccc(C)s2)N(CCS(=O)(=O)CC)C1=O. The molecule has 0 spiro atoms. The van der Waals surface area contributed by atoms with Crippen molar-refractivity contribution in [2.75, 3.05) is 18.1 Å². The second-order valence-corrected chi connectivity index (χ2v) is 9.04. The lowest BCUT2D eigenvalue weighted by Crippen LogP contribution is -2.35. The molecule has 0 radical (unpaired) electrons. The Morgan fingerprint density at radius 3 is 2.57 bits per heavy atom. The maximum absolute atomic E-state index is 12.4. The molecule has 0 bridgehead atoms. The van der Waals surface area contributed by atoms with Crippen LogP contribution in [0.4, 0.5) is 0 Å². The minimum absolute atomic E-state index is 0.000133. The summed E-state index contributed by atoms with van der Waals surface area (Å²) in [5.41, 5.74) is 0. The molecule has 118 valence electrons. The number of hydrogen-bond donors (Lipinski definition) is 1. The number of carbonyl (C=O) groups is 1. The molecular formula is C14H22N2O3S2. The van der Waals surface area contributed by atoms with Gasteiger partial charge in [-0.15, -0.1) is 11.3 Å². The lowest BCUT2D eigenvalue weighted by molar-refractivity contribution is -0.129. The number of aryl methyl sites for hydroxylation is 1. The average Bonchev–Trinajstić information content (AvgIpc) is 3.00. The molecule has 1 fully saturated rings. The number of nitrogens with one attached hydrogen (secondary N) is 1. The summed E-state index contributed by atoms with van der Waals surface area (Å²) in [6.45, 7) is 5.86. The first kappa shape index (κ1) is 16.5. The third-order valence-corrected chi connectivity index (χ3v) is 6.51. The normalized spacial score (nSPS) is 23.0. The van der Waals surface area contributed by atoms with E-state index in [1.807, 2.05) is 26.0 Å². The Hall–Kier alpha value is -0.920. The third kappa shape index (κ3) is 3.64. The monoisotopic (exact) mass is 330 g/mol. The molecule has 1 amide bonds. The molecule has 2 unspecified atom stereocenters. The van der Waals surface area contributed by atoms with Gasteiger partial charge in [-0.2, -0.15) is 0 Å². The predicted molar refractivity (Wildman–Crippen MR) is 85.1 cm³/mol. The number of nitrogens with zero attached hydrogens (tertiary/aromatic N) is 1. The molecule has 1 aromatic rings. The molecule has 5 nitrogen and oxygen atoms in total. The first-order chi connectivity index (χ1) is 9.88. The Balaban J connectivity index is 2.19. The van der Waals surface area contributed by atoms with E-state index in [1.165, 1.54) is 4.88 Å². The molecule has 2 atom stereocenters. The number of sulfone groups is 1. The highest BCUT2D eigenvalue weighted by Gasteiger charge is 2.39. The van der Waals surface area contributed by atoms with E-state index in [0.29, 0.717) is 6.42 Å². The van der Waals surface area contributed by atoms with Crippen molar-refractivity contribution in [1.82, 2.24) is 10.2 Å². The summed E-state index contributed by atoms with van der Waals surface area (Å²) < 4.78 is 23.4. The highest BCUT2D eigenvalue weighted by atomic mass is 32.2. The standard InChI is InChI=1S/C14H22N2O3S2/c1-4-11-14(17)16(8-9-21(18,19)5-2)13(15-11)12-7-6-10(3)20-12/h6-7,11,13,15H,4-5,8-9H2,1-3H3. The van der Waals surface area contributed by atoms with E-state index in [2.05, 4.69) is 5.32 Å². The lowest BCUT2D eigenvalue weighted by Gasteiger charge is -2.23. The van der Waals surface area contributed by atoms with Crippen LogP contribution in [0.5, 0.6) is 0 Å². The molecule has 0 aromatic carbocycles. The van der Waals surface area contributed by atoms with E-state index in [4.69, 9.17) is 0 Å². The van der Waals surface area contributed by atoms with Gasteiger partial charge >= 0.3 is 0 Å². The van der Waals surface area contributed by atoms with Crippen LogP contribution in [-0.4, -0.2) is 43.3 Å². The average molecular weight is 330 g/mol. The van der Waals surface area contributed by atoms with Crippen molar-refractivity contribution in [3.8, 4) is 0 Å². The smallest absolute Gasteiger partial charge is 0.241 e. The van der Waals surface area contributed by atoms with E-state index in [-0.39, 0.29) is 36.2 Å². The number of carbonyl (C=O) groups excluding carboxylic acids is 1. The van der Waals surface area contributed by atoms with Crippen molar-refractivity contribution >= 4 is 27.1 Å². The van der Waals surface area contributed by atoms with E-state index in [9.17, 15) is 13.2 Å². The lowest BCUT2D eigenvalue weighted by atomic mass is 10.2. The largest absolute Gasteiger partial charge is 0.320 e. The van der Waals surface area contributed by atoms with Crippen LogP contribution in [0, 0.1) is 6.92 Å². The molecule has 1 aliphatic heterocycles. The maximum atomic E-state index is 12.4. The van der Waals surface area contributed by atoms with Gasteiger partial charge in [0.15, 0.2) is 9.84 Å². The van der Waals surface area contributed by atoms with Gasteiger partial charge in [0.05, 0.1) is 11.8 Å². The predicted octanol–water partition coefficient (Wildman–Crippen LogP) is 1.70. The minimum Gasteiger partial charge on any atom is -0.320 e. The van der Waals surface area contributed by atoms with E-state index in [1.54, 1.807) is 23.2 Å². The van der Waals surface area contributed by atoms with E-state index in [0.717, 1.165) is 4.88 Å². The zero-order valence-electron chi connectivity index (χ0n) is 12.6. The van der Waals surface area contributed by atoms with Gasteiger partial charge in [-0.25, -0.2) is 8.42 Å². The number of thiophene rings is 1. The van der Waals surface area contributed by atoms with E-state index >= 15 is 0 Å². The molecule has 1 saturated heterocycles. The second-order valence-electron chi connectivity index (χ2n) is 5.25. The van der Waals surface area contributed by atoms with Crippen LogP contribution < -0.4 is 5.32 Å². The van der Waals surface area contributed by atoms with Crippen LogP contribution >= 0.6 is 11.3 Å². The number of amides is 1. The van der Waals surface area contributed by atoms with Crippen molar-refractivity contribution in [2.45, 2.75) is 39.4 Å². The summed E-state index contributed by atoms with van der Waals surface area (Å²) >= 11 is 1.64. The summed E-state index contributed by atoms with van der Waals surface area (Å²) in [7, 11) is -3.07. The molecule has 21 heavy (non-hydrogen) atoms. The van der Waals surface area contributed by atoms with Gasteiger partial charge in [0.2, 0.25) is 5.91 Å². The fourth-order valence-electron chi connectivity index (χ4n) is 2.43. The van der Waals surface area contributed by atoms with Gasteiger partial charge < -0.3 is 4.90 Å². The van der Waals surface area contributed by atoms with Gasteiger partial charge in [-0.05, 0) is 25.5 Å². The highest BCUT2D eigenvalue weighted by molar-refractivity contribution is 7.91. The minimum atomic E-state index is -3.07. The first-order valence-electron chi connectivity index (χ1n) is 7.21. The van der Waals surface area contributed by atoms with Crippen LogP contribution in [-0.2, 0) is 14.6 Å². The highest BCUT2D eigenvalue weighted by Crippen LogP contribution is 2.31. The van der Waals surface area contributed by atoms with Crippen molar-refractivity contribution in [3.05, 3.63) is 21.9 Å². The van der Waals surface area contributed by atoms with Crippen LogP contribution in [0.1, 0.15) is 36.2 Å². The molecular weight excluding hydrogens is 308 g/mol. The molecule has 2 rings (SSSR count). The first-order valence-corrected chi connectivity index (χ1v) is 9.85. The summed E-state index contributed by atoms with van der Waals surface area (Å²) in [5, 5.41) is 3.32. The molecule has 1 N–H and O–H groups in total.